The summed E-state index contributed by atoms with van der Waals surface area (Å²) in [6.45, 7) is 7.40. The quantitative estimate of drug-likeness (QED) is 0.366. The number of imidazole rings is 1. The lowest BCUT2D eigenvalue weighted by atomic mass is 10.1. The average molecular weight is 541 g/mol. The van der Waals surface area contributed by atoms with Gasteiger partial charge >= 0.3 is 18.1 Å². The molecular formula is C25H28N6O6S. The standard InChI is InChI=1S/C25H28N6O6S/c1-16(32)36-23-28-20-12-26-22-19(10-11-30(22)38(34,35)15-17-8-6-5-7-9-17)21(20)31(23)29-13-18(14-29)27-24(33)37-25(2,3)4/h5-12,18H,13-15H2,1-4H3,(H,27,33). The summed E-state index contributed by atoms with van der Waals surface area (Å²) in [5.41, 5.74) is 1.23. The predicted molar refractivity (Wildman–Crippen MR) is 140 cm³/mol. The second-order valence-corrected chi connectivity index (χ2v) is 11.9. The molecule has 1 fully saturated rings. The highest BCUT2D eigenvalue weighted by Crippen LogP contribution is 2.31. The summed E-state index contributed by atoms with van der Waals surface area (Å²) in [5.74, 6) is -0.753. The van der Waals surface area contributed by atoms with E-state index in [2.05, 4.69) is 15.3 Å². The number of aromatic nitrogens is 4. The van der Waals surface area contributed by atoms with Crippen molar-refractivity contribution in [3.05, 3.63) is 54.4 Å². The third-order valence-electron chi connectivity index (χ3n) is 5.83. The van der Waals surface area contributed by atoms with E-state index in [-0.39, 0.29) is 23.5 Å². The molecule has 1 aliphatic rings. The van der Waals surface area contributed by atoms with Crippen molar-refractivity contribution in [1.82, 2.24) is 23.9 Å². The van der Waals surface area contributed by atoms with E-state index < -0.39 is 27.7 Å². The van der Waals surface area contributed by atoms with Crippen LogP contribution in [0.5, 0.6) is 6.01 Å². The summed E-state index contributed by atoms with van der Waals surface area (Å²) in [4.78, 5) is 32.8. The first-order chi connectivity index (χ1) is 17.9. The molecule has 4 aromatic rings. The van der Waals surface area contributed by atoms with Gasteiger partial charge in [0.05, 0.1) is 31.1 Å². The van der Waals surface area contributed by atoms with E-state index in [9.17, 15) is 18.0 Å². The van der Waals surface area contributed by atoms with Crippen LogP contribution in [0.1, 0.15) is 33.3 Å². The molecule has 0 radical (unpaired) electrons. The number of esters is 1. The van der Waals surface area contributed by atoms with Crippen LogP contribution in [0.4, 0.5) is 4.79 Å². The Morgan fingerprint density at radius 2 is 1.84 bits per heavy atom. The van der Waals surface area contributed by atoms with Gasteiger partial charge in [-0.3, -0.25) is 4.79 Å². The van der Waals surface area contributed by atoms with Crippen LogP contribution in [-0.4, -0.2) is 63.8 Å². The van der Waals surface area contributed by atoms with E-state index in [1.165, 1.54) is 19.3 Å². The number of benzene rings is 1. The van der Waals surface area contributed by atoms with Crippen molar-refractivity contribution in [2.75, 3.05) is 18.1 Å². The van der Waals surface area contributed by atoms with Crippen LogP contribution in [0.15, 0.2) is 48.8 Å². The van der Waals surface area contributed by atoms with Gasteiger partial charge in [0.2, 0.25) is 10.0 Å². The predicted octanol–water partition coefficient (Wildman–Crippen LogP) is 2.53. The van der Waals surface area contributed by atoms with Gasteiger partial charge in [0, 0.05) is 18.5 Å². The third kappa shape index (κ3) is 5.01. The summed E-state index contributed by atoms with van der Waals surface area (Å²) in [5, 5.41) is 5.18. The first-order valence-electron chi connectivity index (χ1n) is 12.0. The topological polar surface area (TPSA) is 138 Å². The Hall–Kier alpha value is -4.13. The highest BCUT2D eigenvalue weighted by atomic mass is 32.2. The fraction of sp³-hybridized carbons (Fsp3) is 0.360. The number of fused-ring (bicyclic) bond motifs is 3. The number of pyridine rings is 1. The molecule has 0 unspecified atom stereocenters. The minimum absolute atomic E-state index is 0.0254. The Morgan fingerprint density at radius 1 is 1.13 bits per heavy atom. The van der Waals surface area contributed by atoms with E-state index in [0.29, 0.717) is 35.1 Å². The minimum Gasteiger partial charge on any atom is -0.444 e. The van der Waals surface area contributed by atoms with Crippen molar-refractivity contribution in [2.24, 2.45) is 0 Å². The number of rotatable bonds is 6. The molecule has 1 aromatic carbocycles. The van der Waals surface area contributed by atoms with E-state index in [0.717, 1.165) is 3.97 Å². The molecule has 0 atom stereocenters. The van der Waals surface area contributed by atoms with Crippen LogP contribution in [0, 0.1) is 0 Å². The van der Waals surface area contributed by atoms with Crippen molar-refractivity contribution in [3.63, 3.8) is 0 Å². The molecule has 1 amide bonds. The fourth-order valence-corrected chi connectivity index (χ4v) is 5.72. The first kappa shape index (κ1) is 25.5. The Labute approximate surface area is 219 Å². The van der Waals surface area contributed by atoms with Crippen molar-refractivity contribution in [1.29, 1.82) is 0 Å². The Bertz CT molecular complexity index is 1630. The summed E-state index contributed by atoms with van der Waals surface area (Å²) < 4.78 is 40.0. The number of ether oxygens (including phenoxy) is 2. The number of hydrogen-bond donors (Lipinski definition) is 1. The molecule has 0 aliphatic carbocycles. The lowest BCUT2D eigenvalue weighted by Gasteiger charge is -2.41. The fourth-order valence-electron chi connectivity index (χ4n) is 4.31. The van der Waals surface area contributed by atoms with Crippen LogP contribution in [0.3, 0.4) is 0 Å². The molecule has 1 aliphatic heterocycles. The van der Waals surface area contributed by atoms with E-state index in [1.807, 2.05) is 11.1 Å². The van der Waals surface area contributed by atoms with Gasteiger partial charge in [-0.25, -0.2) is 26.8 Å². The van der Waals surface area contributed by atoms with Crippen LogP contribution in [-0.2, 0) is 25.3 Å². The maximum atomic E-state index is 13.3. The van der Waals surface area contributed by atoms with Crippen LogP contribution < -0.4 is 15.1 Å². The summed E-state index contributed by atoms with van der Waals surface area (Å²) in [6.07, 6.45) is 2.39. The number of alkyl carbamates (subject to hydrolysis) is 1. The van der Waals surface area contributed by atoms with E-state index in [1.54, 1.807) is 55.8 Å². The number of nitrogens with one attached hydrogen (secondary N) is 1. The van der Waals surface area contributed by atoms with Gasteiger partial charge in [0.15, 0.2) is 5.65 Å². The molecule has 13 heteroatoms. The molecule has 0 bridgehead atoms. The normalized spacial score (nSPS) is 14.5. The molecule has 0 saturated carbocycles. The summed E-state index contributed by atoms with van der Waals surface area (Å²) in [7, 11) is -3.78. The molecule has 1 saturated heterocycles. The van der Waals surface area contributed by atoms with Crippen molar-refractivity contribution >= 4 is 44.2 Å². The van der Waals surface area contributed by atoms with Gasteiger partial charge in [0.1, 0.15) is 16.6 Å². The second kappa shape index (κ2) is 9.31. The molecule has 200 valence electrons. The lowest BCUT2D eigenvalue weighted by molar-refractivity contribution is -0.132. The van der Waals surface area contributed by atoms with Gasteiger partial charge in [-0.1, -0.05) is 30.3 Å². The molecule has 3 aromatic heterocycles. The van der Waals surface area contributed by atoms with Gasteiger partial charge in [-0.2, -0.15) is 4.98 Å². The minimum atomic E-state index is -3.78. The van der Waals surface area contributed by atoms with E-state index in [4.69, 9.17) is 9.47 Å². The van der Waals surface area contributed by atoms with Crippen LogP contribution in [0.25, 0.3) is 22.1 Å². The number of nitrogens with zero attached hydrogens (tertiary/aromatic N) is 5. The number of carbonyl (C=O) groups excluding carboxylic acids is 2. The number of amides is 1. The van der Waals surface area contributed by atoms with Crippen LogP contribution in [0.2, 0.25) is 0 Å². The largest absolute Gasteiger partial charge is 0.444 e. The smallest absolute Gasteiger partial charge is 0.407 e. The SMILES string of the molecule is CC(=O)Oc1nc2cnc3c(ccn3S(=O)(=O)Cc3ccccc3)c2n1N1CC(NC(=O)OC(C)(C)C)C1. The van der Waals surface area contributed by atoms with Crippen molar-refractivity contribution < 1.29 is 27.5 Å². The summed E-state index contributed by atoms with van der Waals surface area (Å²) >= 11 is 0. The van der Waals surface area contributed by atoms with Gasteiger partial charge < -0.3 is 19.8 Å². The Balaban J connectivity index is 1.50. The molecular weight excluding hydrogens is 512 g/mol. The van der Waals surface area contributed by atoms with E-state index >= 15 is 0 Å². The van der Waals surface area contributed by atoms with Crippen LogP contribution >= 0.6 is 0 Å². The van der Waals surface area contributed by atoms with Gasteiger partial charge in [-0.15, -0.1) is 0 Å². The lowest BCUT2D eigenvalue weighted by Crippen LogP contribution is -2.63. The summed E-state index contributed by atoms with van der Waals surface area (Å²) in [6, 6.07) is 10.4. The molecule has 38 heavy (non-hydrogen) atoms. The highest BCUT2D eigenvalue weighted by molar-refractivity contribution is 7.89. The Morgan fingerprint density at radius 3 is 2.50 bits per heavy atom. The maximum absolute atomic E-state index is 13.3. The average Bonchev–Trinajstić information content (AvgIpc) is 3.36. The zero-order valence-corrected chi connectivity index (χ0v) is 22.2. The molecule has 4 heterocycles. The molecule has 0 spiro atoms. The van der Waals surface area contributed by atoms with Gasteiger partial charge in [0.25, 0.3) is 0 Å². The molecule has 12 nitrogen and oxygen atoms in total. The monoisotopic (exact) mass is 540 g/mol. The first-order valence-corrected chi connectivity index (χ1v) is 13.6. The highest BCUT2D eigenvalue weighted by Gasteiger charge is 2.34. The zero-order valence-electron chi connectivity index (χ0n) is 21.4. The second-order valence-electron chi connectivity index (χ2n) is 10.1. The molecule has 1 N–H and O–H groups in total. The number of carbonyl (C=O) groups is 2. The zero-order chi connectivity index (χ0) is 27.2. The maximum Gasteiger partial charge on any atom is 0.407 e. The van der Waals surface area contributed by atoms with Crippen molar-refractivity contribution in [3.8, 4) is 6.01 Å². The third-order valence-corrected chi connectivity index (χ3v) is 7.43. The molecule has 5 rings (SSSR count). The van der Waals surface area contributed by atoms with Gasteiger partial charge in [-0.05, 0) is 32.4 Å². The number of hydrogen-bond acceptors (Lipinski definition) is 9. The van der Waals surface area contributed by atoms with Crippen molar-refractivity contribution in [2.45, 2.75) is 45.1 Å². The Kier molecular flexibility index (Phi) is 6.25.